The van der Waals surface area contributed by atoms with Gasteiger partial charge in [0, 0.05) is 24.9 Å². The molecular formula is C14H25N3O. The predicted octanol–water partition coefficient (Wildman–Crippen LogP) is 2.13. The van der Waals surface area contributed by atoms with Gasteiger partial charge >= 0.3 is 0 Å². The molecule has 1 saturated heterocycles. The molecule has 1 aliphatic heterocycles. The number of aromatic nitrogens is 2. The molecular weight excluding hydrogens is 226 g/mol. The van der Waals surface area contributed by atoms with Crippen molar-refractivity contribution in [3.05, 3.63) is 17.0 Å². The highest BCUT2D eigenvalue weighted by Gasteiger charge is 2.21. The van der Waals surface area contributed by atoms with Crippen molar-refractivity contribution >= 4 is 0 Å². The molecule has 0 amide bonds. The monoisotopic (exact) mass is 251 g/mol. The molecule has 1 fully saturated rings. The Hall–Kier alpha value is -0.870. The zero-order chi connectivity index (χ0) is 13.1. The van der Waals surface area contributed by atoms with Crippen LogP contribution in [-0.2, 0) is 11.2 Å². The molecule has 1 aromatic rings. The lowest BCUT2D eigenvalue weighted by Crippen LogP contribution is -2.23. The van der Waals surface area contributed by atoms with Crippen LogP contribution >= 0.6 is 0 Å². The quantitative estimate of drug-likeness (QED) is 0.892. The van der Waals surface area contributed by atoms with E-state index < -0.39 is 0 Å². The van der Waals surface area contributed by atoms with Crippen LogP contribution in [0.2, 0.25) is 0 Å². The molecule has 4 nitrogen and oxygen atoms in total. The van der Waals surface area contributed by atoms with Crippen LogP contribution in [0.5, 0.6) is 0 Å². The first kappa shape index (κ1) is 13.6. The van der Waals surface area contributed by atoms with Crippen molar-refractivity contribution in [2.75, 3.05) is 13.2 Å². The average molecular weight is 251 g/mol. The Morgan fingerprint density at radius 1 is 1.39 bits per heavy atom. The van der Waals surface area contributed by atoms with Gasteiger partial charge < -0.3 is 10.5 Å². The maximum Gasteiger partial charge on any atom is 0.0629 e. The predicted molar refractivity (Wildman–Crippen MR) is 72.8 cm³/mol. The molecule has 0 saturated carbocycles. The molecule has 2 N–H and O–H groups in total. The molecule has 1 aliphatic rings. The number of aryl methyl sites for hydroxylation is 1. The molecule has 1 aromatic heterocycles. The molecule has 1 atom stereocenters. The van der Waals surface area contributed by atoms with Gasteiger partial charge in [0.2, 0.25) is 0 Å². The van der Waals surface area contributed by atoms with Gasteiger partial charge in [0.25, 0.3) is 0 Å². The Morgan fingerprint density at radius 2 is 2.06 bits per heavy atom. The van der Waals surface area contributed by atoms with Gasteiger partial charge in [-0.1, -0.05) is 6.92 Å². The van der Waals surface area contributed by atoms with Crippen LogP contribution < -0.4 is 5.73 Å². The Morgan fingerprint density at radius 3 is 2.67 bits per heavy atom. The Bertz CT molecular complexity index is 394. The smallest absolute Gasteiger partial charge is 0.0629 e. The van der Waals surface area contributed by atoms with Gasteiger partial charge in [0.1, 0.15) is 0 Å². The highest BCUT2D eigenvalue weighted by atomic mass is 16.5. The van der Waals surface area contributed by atoms with E-state index in [1.807, 2.05) is 0 Å². The fraction of sp³-hybridized carbons (Fsp3) is 0.786. The molecule has 1 unspecified atom stereocenters. The van der Waals surface area contributed by atoms with Crippen molar-refractivity contribution in [1.29, 1.82) is 0 Å². The maximum atomic E-state index is 6.07. The number of rotatable bonds is 4. The van der Waals surface area contributed by atoms with Crippen molar-refractivity contribution in [3.8, 4) is 0 Å². The van der Waals surface area contributed by atoms with E-state index in [0.717, 1.165) is 44.6 Å². The molecule has 0 aliphatic carbocycles. The molecule has 0 spiro atoms. The van der Waals surface area contributed by atoms with Crippen LogP contribution in [0.4, 0.5) is 0 Å². The second-order valence-corrected chi connectivity index (χ2v) is 5.31. The Labute approximate surface area is 110 Å². The summed E-state index contributed by atoms with van der Waals surface area (Å²) >= 11 is 0. The second kappa shape index (κ2) is 5.85. The summed E-state index contributed by atoms with van der Waals surface area (Å²) in [7, 11) is 0. The summed E-state index contributed by atoms with van der Waals surface area (Å²) in [6.45, 7) is 8.12. The number of hydrogen-bond acceptors (Lipinski definition) is 3. The van der Waals surface area contributed by atoms with E-state index in [2.05, 4.69) is 25.5 Å². The van der Waals surface area contributed by atoms with E-state index in [1.165, 1.54) is 11.3 Å². The number of ether oxygens (including phenoxy) is 1. The summed E-state index contributed by atoms with van der Waals surface area (Å²) in [5.41, 5.74) is 9.85. The van der Waals surface area contributed by atoms with Gasteiger partial charge in [-0.2, -0.15) is 5.10 Å². The van der Waals surface area contributed by atoms with Crippen molar-refractivity contribution in [3.63, 3.8) is 0 Å². The van der Waals surface area contributed by atoms with E-state index in [1.54, 1.807) is 0 Å². The van der Waals surface area contributed by atoms with E-state index in [0.29, 0.717) is 6.04 Å². The molecule has 0 aromatic carbocycles. The lowest BCUT2D eigenvalue weighted by Gasteiger charge is -2.23. The molecule has 2 rings (SSSR count). The highest BCUT2D eigenvalue weighted by molar-refractivity contribution is 5.26. The minimum absolute atomic E-state index is 0.245. The molecule has 0 radical (unpaired) electrons. The average Bonchev–Trinajstić information content (AvgIpc) is 2.67. The van der Waals surface area contributed by atoms with Crippen LogP contribution in [0, 0.1) is 13.8 Å². The standard InChI is InChI=1S/C14H25N3O/c1-4-12(15)9-14-10(2)16-17(11(14)3)13-5-7-18-8-6-13/h12-13H,4-9,15H2,1-3H3. The largest absolute Gasteiger partial charge is 0.381 e. The molecule has 0 bridgehead atoms. The molecule has 4 heteroatoms. The van der Waals surface area contributed by atoms with Crippen molar-refractivity contribution in [1.82, 2.24) is 9.78 Å². The van der Waals surface area contributed by atoms with Crippen LogP contribution in [0.15, 0.2) is 0 Å². The lowest BCUT2D eigenvalue weighted by molar-refractivity contribution is 0.0656. The SMILES string of the molecule is CCC(N)Cc1c(C)nn(C2CCOCC2)c1C. The molecule has 2 heterocycles. The molecule has 102 valence electrons. The van der Waals surface area contributed by atoms with E-state index in [9.17, 15) is 0 Å². The third-order valence-corrected chi connectivity index (χ3v) is 4.00. The third-order valence-electron chi connectivity index (χ3n) is 4.00. The van der Waals surface area contributed by atoms with E-state index in [4.69, 9.17) is 15.6 Å². The summed E-state index contributed by atoms with van der Waals surface area (Å²) in [6, 6.07) is 0.749. The Kier molecular flexibility index (Phi) is 4.40. The van der Waals surface area contributed by atoms with Gasteiger partial charge in [-0.3, -0.25) is 4.68 Å². The highest BCUT2D eigenvalue weighted by Crippen LogP contribution is 2.25. The van der Waals surface area contributed by atoms with Crippen LogP contribution in [0.3, 0.4) is 0 Å². The number of hydrogen-bond donors (Lipinski definition) is 1. The van der Waals surface area contributed by atoms with Gasteiger partial charge in [-0.25, -0.2) is 0 Å². The van der Waals surface area contributed by atoms with Crippen molar-refractivity contribution in [2.45, 2.75) is 58.5 Å². The van der Waals surface area contributed by atoms with Gasteiger partial charge in [-0.05, 0) is 45.1 Å². The van der Waals surface area contributed by atoms with Gasteiger partial charge in [-0.15, -0.1) is 0 Å². The fourth-order valence-electron chi connectivity index (χ4n) is 2.68. The van der Waals surface area contributed by atoms with E-state index in [-0.39, 0.29) is 6.04 Å². The molecule has 18 heavy (non-hydrogen) atoms. The van der Waals surface area contributed by atoms with Crippen LogP contribution in [0.25, 0.3) is 0 Å². The Balaban J connectivity index is 2.19. The first-order valence-corrected chi connectivity index (χ1v) is 7.01. The normalized spacial score (nSPS) is 19.1. The summed E-state index contributed by atoms with van der Waals surface area (Å²) in [5, 5.41) is 4.73. The van der Waals surface area contributed by atoms with E-state index >= 15 is 0 Å². The fourth-order valence-corrected chi connectivity index (χ4v) is 2.68. The first-order chi connectivity index (χ1) is 8.63. The number of nitrogens with zero attached hydrogens (tertiary/aromatic N) is 2. The van der Waals surface area contributed by atoms with Gasteiger partial charge in [0.15, 0.2) is 0 Å². The van der Waals surface area contributed by atoms with Crippen molar-refractivity contribution < 1.29 is 4.74 Å². The maximum absolute atomic E-state index is 6.07. The summed E-state index contributed by atoms with van der Waals surface area (Å²) in [5.74, 6) is 0. The first-order valence-electron chi connectivity index (χ1n) is 7.01. The van der Waals surface area contributed by atoms with Crippen molar-refractivity contribution in [2.24, 2.45) is 5.73 Å². The zero-order valence-electron chi connectivity index (χ0n) is 11.8. The minimum Gasteiger partial charge on any atom is -0.381 e. The van der Waals surface area contributed by atoms with Gasteiger partial charge in [0.05, 0.1) is 11.7 Å². The number of nitrogens with two attached hydrogens (primary N) is 1. The van der Waals surface area contributed by atoms with Crippen LogP contribution in [-0.4, -0.2) is 29.0 Å². The lowest BCUT2D eigenvalue weighted by atomic mass is 10.0. The third kappa shape index (κ3) is 2.75. The summed E-state index contributed by atoms with van der Waals surface area (Å²) < 4.78 is 7.62. The second-order valence-electron chi connectivity index (χ2n) is 5.31. The van der Waals surface area contributed by atoms with Crippen LogP contribution in [0.1, 0.15) is 49.2 Å². The summed E-state index contributed by atoms with van der Waals surface area (Å²) in [6.07, 6.45) is 4.10. The zero-order valence-corrected chi connectivity index (χ0v) is 11.8. The summed E-state index contributed by atoms with van der Waals surface area (Å²) in [4.78, 5) is 0. The minimum atomic E-state index is 0.245. The topological polar surface area (TPSA) is 53.1 Å².